The summed E-state index contributed by atoms with van der Waals surface area (Å²) in [7, 11) is 4.32. The topological polar surface area (TPSA) is 56.1 Å². The molecule has 0 bridgehead atoms. The highest BCUT2D eigenvalue weighted by molar-refractivity contribution is 7.27. The van der Waals surface area contributed by atoms with Gasteiger partial charge in [-0.05, 0) is 40.7 Å². The van der Waals surface area contributed by atoms with Gasteiger partial charge in [-0.15, -0.1) is 9.24 Å². The van der Waals surface area contributed by atoms with Crippen LogP contribution in [0.25, 0.3) is 11.0 Å². The lowest BCUT2D eigenvalue weighted by molar-refractivity contribution is -0.115. The van der Waals surface area contributed by atoms with Crippen molar-refractivity contribution in [1.82, 2.24) is 9.55 Å². The second-order valence-corrected chi connectivity index (χ2v) is 7.49. The number of imidazole rings is 1. The van der Waals surface area contributed by atoms with Gasteiger partial charge in [0.05, 0.1) is 31.1 Å². The molecule has 1 atom stereocenters. The van der Waals surface area contributed by atoms with Gasteiger partial charge in [0, 0.05) is 0 Å². The molecule has 29 heavy (non-hydrogen) atoms. The second-order valence-electron chi connectivity index (χ2n) is 6.82. The molecule has 0 saturated heterocycles. The Labute approximate surface area is 171 Å². The van der Waals surface area contributed by atoms with Crippen molar-refractivity contribution in [3.8, 4) is 5.75 Å². The average Bonchev–Trinajstić information content (AvgIpc) is 3.07. The quantitative estimate of drug-likeness (QED) is 0.499. The summed E-state index contributed by atoms with van der Waals surface area (Å²) in [6.45, 7) is 0.629. The fourth-order valence-corrected chi connectivity index (χ4v) is 3.43. The fraction of sp³-hybridized carbons (Fsp3) is 0.130. The Hall–Kier alpha value is -3.17. The van der Waals surface area contributed by atoms with Crippen molar-refractivity contribution < 1.29 is 9.53 Å². The third-order valence-electron chi connectivity index (χ3n) is 4.75. The number of fused-ring (bicyclic) bond motifs is 1. The fourth-order valence-electron chi connectivity index (χ4n) is 3.23. The summed E-state index contributed by atoms with van der Waals surface area (Å²) >= 11 is 0. The zero-order chi connectivity index (χ0) is 20.2. The Balaban J connectivity index is 1.58. The summed E-state index contributed by atoms with van der Waals surface area (Å²) in [5.74, 6) is 1.22. The van der Waals surface area contributed by atoms with Gasteiger partial charge in [-0.3, -0.25) is 10.1 Å². The molecule has 146 valence electrons. The number of carbonyl (C=O) groups excluding carboxylic acids is 1. The minimum absolute atomic E-state index is 0.105. The molecule has 6 heteroatoms. The van der Waals surface area contributed by atoms with Crippen molar-refractivity contribution in [3.63, 3.8) is 0 Å². The maximum Gasteiger partial charge on any atom is 0.231 e. The minimum atomic E-state index is -0.105. The Bertz CT molecular complexity index is 1140. The van der Waals surface area contributed by atoms with Crippen LogP contribution >= 0.6 is 9.24 Å². The van der Waals surface area contributed by atoms with E-state index < -0.39 is 0 Å². The van der Waals surface area contributed by atoms with Crippen molar-refractivity contribution >= 4 is 37.4 Å². The Morgan fingerprint density at radius 3 is 2.41 bits per heavy atom. The number of para-hydroxylation sites is 2. The van der Waals surface area contributed by atoms with Crippen LogP contribution in [-0.2, 0) is 17.8 Å². The molecular weight excluding hydrogens is 381 g/mol. The first-order chi connectivity index (χ1) is 14.1. The zero-order valence-electron chi connectivity index (χ0n) is 16.1. The van der Waals surface area contributed by atoms with Crippen LogP contribution < -0.4 is 15.4 Å². The van der Waals surface area contributed by atoms with E-state index in [2.05, 4.69) is 43.8 Å². The van der Waals surface area contributed by atoms with Gasteiger partial charge in [0.15, 0.2) is 0 Å². The lowest BCUT2D eigenvalue weighted by Crippen LogP contribution is -2.18. The van der Waals surface area contributed by atoms with Crippen molar-refractivity contribution in [2.24, 2.45) is 0 Å². The van der Waals surface area contributed by atoms with Crippen LogP contribution in [-0.4, -0.2) is 22.6 Å². The molecule has 1 amide bonds. The van der Waals surface area contributed by atoms with Crippen LogP contribution in [0.3, 0.4) is 0 Å². The molecule has 0 saturated carbocycles. The molecule has 1 unspecified atom stereocenters. The van der Waals surface area contributed by atoms with Gasteiger partial charge in [0.2, 0.25) is 11.9 Å². The normalized spacial score (nSPS) is 10.8. The van der Waals surface area contributed by atoms with Gasteiger partial charge in [-0.2, -0.15) is 0 Å². The molecule has 5 nitrogen and oxygen atoms in total. The summed E-state index contributed by atoms with van der Waals surface area (Å²) < 4.78 is 7.21. The van der Waals surface area contributed by atoms with Crippen LogP contribution in [0.2, 0.25) is 0 Å². The highest BCUT2D eigenvalue weighted by Gasteiger charge is 2.14. The summed E-state index contributed by atoms with van der Waals surface area (Å²) in [5, 5.41) is 4.12. The number of nitrogens with zero attached hydrogens (tertiary/aromatic N) is 2. The molecule has 0 aliphatic carbocycles. The van der Waals surface area contributed by atoms with E-state index in [-0.39, 0.29) is 12.3 Å². The van der Waals surface area contributed by atoms with Crippen molar-refractivity contribution in [1.29, 1.82) is 0 Å². The summed E-state index contributed by atoms with van der Waals surface area (Å²) in [4.78, 5) is 17.3. The van der Waals surface area contributed by atoms with E-state index in [0.29, 0.717) is 12.5 Å². The smallest absolute Gasteiger partial charge is 0.231 e. The van der Waals surface area contributed by atoms with Crippen molar-refractivity contribution in [2.45, 2.75) is 13.0 Å². The van der Waals surface area contributed by atoms with E-state index in [9.17, 15) is 4.79 Å². The van der Waals surface area contributed by atoms with Gasteiger partial charge >= 0.3 is 0 Å². The Kier molecular flexibility index (Phi) is 5.59. The van der Waals surface area contributed by atoms with Gasteiger partial charge in [0.25, 0.3) is 0 Å². The number of aromatic nitrogens is 2. The van der Waals surface area contributed by atoms with Gasteiger partial charge < -0.3 is 9.30 Å². The number of methoxy groups -OCH3 is 1. The molecule has 4 aromatic rings. The van der Waals surface area contributed by atoms with Crippen LogP contribution in [0.4, 0.5) is 5.95 Å². The molecule has 0 spiro atoms. The molecule has 1 N–H and O–H groups in total. The predicted octanol–water partition coefficient (Wildman–Crippen LogP) is 3.77. The second kappa shape index (κ2) is 8.46. The first kappa shape index (κ1) is 19.2. The maximum absolute atomic E-state index is 12.7. The maximum atomic E-state index is 12.7. The van der Waals surface area contributed by atoms with Gasteiger partial charge in [-0.1, -0.05) is 48.5 Å². The van der Waals surface area contributed by atoms with E-state index in [0.717, 1.165) is 33.2 Å². The number of ether oxygens (including phenoxy) is 1. The Morgan fingerprint density at radius 2 is 1.69 bits per heavy atom. The van der Waals surface area contributed by atoms with E-state index in [1.54, 1.807) is 7.11 Å². The number of anilines is 1. The number of carbonyl (C=O) groups is 1. The van der Waals surface area contributed by atoms with Crippen LogP contribution in [0.5, 0.6) is 5.75 Å². The molecular formula is C23H22N3O2P. The zero-order valence-corrected chi connectivity index (χ0v) is 17.3. The number of hydrogen-bond donors (Lipinski definition) is 1. The van der Waals surface area contributed by atoms with Crippen LogP contribution in [0.15, 0.2) is 72.8 Å². The number of amides is 1. The molecule has 0 aliphatic rings. The highest BCUT2D eigenvalue weighted by Crippen LogP contribution is 2.21. The number of benzene rings is 3. The van der Waals surface area contributed by atoms with E-state index >= 15 is 0 Å². The SMILES string of the molecule is COc1ccc(CC(=O)Nc2nc3ccccc3n2Cc2ccc(P)cc2)cc1. The van der Waals surface area contributed by atoms with E-state index in [4.69, 9.17) is 4.74 Å². The average molecular weight is 403 g/mol. The molecule has 0 fully saturated rings. The summed E-state index contributed by atoms with van der Waals surface area (Å²) in [5.41, 5.74) is 3.91. The first-order valence-electron chi connectivity index (χ1n) is 9.35. The van der Waals surface area contributed by atoms with E-state index in [1.165, 1.54) is 0 Å². The highest BCUT2D eigenvalue weighted by atomic mass is 31.0. The van der Waals surface area contributed by atoms with Gasteiger partial charge in [0.1, 0.15) is 5.75 Å². The van der Waals surface area contributed by atoms with Crippen LogP contribution in [0, 0.1) is 0 Å². The largest absolute Gasteiger partial charge is 0.497 e. The monoisotopic (exact) mass is 403 g/mol. The summed E-state index contributed by atoms with van der Waals surface area (Å²) in [6.07, 6.45) is 0.273. The number of nitrogens with one attached hydrogen (secondary N) is 1. The molecule has 0 radical (unpaired) electrons. The lowest BCUT2D eigenvalue weighted by atomic mass is 10.1. The molecule has 3 aromatic carbocycles. The molecule has 4 rings (SSSR count). The predicted molar refractivity (Wildman–Crippen MR) is 120 cm³/mol. The van der Waals surface area contributed by atoms with Crippen molar-refractivity contribution in [3.05, 3.63) is 83.9 Å². The van der Waals surface area contributed by atoms with Crippen molar-refractivity contribution in [2.75, 3.05) is 12.4 Å². The third kappa shape index (κ3) is 4.47. The van der Waals surface area contributed by atoms with Crippen LogP contribution in [0.1, 0.15) is 11.1 Å². The lowest BCUT2D eigenvalue weighted by Gasteiger charge is -2.11. The number of hydrogen-bond acceptors (Lipinski definition) is 3. The standard InChI is InChI=1S/C23H22N3O2P/c1-28-18-10-6-16(7-11-18)14-22(27)25-23-24-20-4-2-3-5-21(20)26(23)15-17-8-12-19(29)13-9-17/h2-13H,14-15,29H2,1H3,(H,24,25,27). The van der Waals surface area contributed by atoms with Gasteiger partial charge in [-0.25, -0.2) is 4.98 Å². The molecule has 0 aliphatic heterocycles. The molecule has 1 heterocycles. The first-order valence-corrected chi connectivity index (χ1v) is 9.92. The minimum Gasteiger partial charge on any atom is -0.497 e. The third-order valence-corrected chi connectivity index (χ3v) is 5.13. The number of rotatable bonds is 6. The Morgan fingerprint density at radius 1 is 1.00 bits per heavy atom. The molecule has 1 aromatic heterocycles. The van der Waals surface area contributed by atoms with E-state index in [1.807, 2.05) is 53.1 Å². The summed E-state index contributed by atoms with van der Waals surface area (Å²) in [6, 6.07) is 23.7.